The monoisotopic (exact) mass is 173 g/mol. The van der Waals surface area contributed by atoms with E-state index in [0.29, 0.717) is 12.7 Å². The van der Waals surface area contributed by atoms with Gasteiger partial charge in [0.1, 0.15) is 0 Å². The summed E-state index contributed by atoms with van der Waals surface area (Å²) < 4.78 is 5.49. The van der Waals surface area contributed by atoms with Gasteiger partial charge in [-0.15, -0.1) is 0 Å². The molecule has 3 nitrogen and oxygen atoms in total. The molecule has 0 aromatic heterocycles. The summed E-state index contributed by atoms with van der Waals surface area (Å²) in [6.45, 7) is 8.12. The number of nitrogens with one attached hydrogen (secondary N) is 1. The molecular weight excluding hydrogens is 154 g/mol. The van der Waals surface area contributed by atoms with Gasteiger partial charge in [0, 0.05) is 13.1 Å². The molecule has 2 N–H and O–H groups in total. The van der Waals surface area contributed by atoms with Crippen LogP contribution in [0.2, 0.25) is 0 Å². The number of hydrogen-bond donors (Lipinski definition) is 2. The molecule has 1 aliphatic rings. The summed E-state index contributed by atoms with van der Waals surface area (Å²) in [6, 6.07) is 0. The standard InChI is InChI=1S/C9H19NO2/c1-7(2)9(3,11)6-12-8-4-10-5-8/h7-8,10-11H,4-6H2,1-3H3. The maximum absolute atomic E-state index is 9.81. The fourth-order valence-electron chi connectivity index (χ4n) is 0.833. The van der Waals surface area contributed by atoms with Crippen molar-refractivity contribution in [3.63, 3.8) is 0 Å². The van der Waals surface area contributed by atoms with Crippen LogP contribution in [-0.2, 0) is 4.74 Å². The van der Waals surface area contributed by atoms with Crippen LogP contribution in [0.25, 0.3) is 0 Å². The van der Waals surface area contributed by atoms with Crippen LogP contribution in [0.5, 0.6) is 0 Å². The molecule has 0 aromatic rings. The summed E-state index contributed by atoms with van der Waals surface area (Å²) >= 11 is 0. The molecule has 0 spiro atoms. The zero-order valence-corrected chi connectivity index (χ0v) is 8.13. The topological polar surface area (TPSA) is 41.5 Å². The molecule has 1 fully saturated rings. The molecule has 0 aliphatic carbocycles. The average molecular weight is 173 g/mol. The first-order valence-electron chi connectivity index (χ1n) is 4.57. The van der Waals surface area contributed by atoms with Crippen molar-refractivity contribution in [1.82, 2.24) is 5.32 Å². The van der Waals surface area contributed by atoms with Gasteiger partial charge in [0.2, 0.25) is 0 Å². The summed E-state index contributed by atoms with van der Waals surface area (Å²) in [7, 11) is 0. The van der Waals surface area contributed by atoms with Gasteiger partial charge in [-0.3, -0.25) is 0 Å². The van der Waals surface area contributed by atoms with E-state index in [1.807, 2.05) is 20.8 Å². The molecule has 0 amide bonds. The van der Waals surface area contributed by atoms with Crippen LogP contribution in [0.1, 0.15) is 20.8 Å². The Morgan fingerprint density at radius 3 is 2.50 bits per heavy atom. The van der Waals surface area contributed by atoms with E-state index in [0.717, 1.165) is 13.1 Å². The third kappa shape index (κ3) is 2.44. The lowest BCUT2D eigenvalue weighted by Gasteiger charge is -2.33. The Kier molecular flexibility index (Phi) is 3.09. The summed E-state index contributed by atoms with van der Waals surface area (Å²) in [5.74, 6) is 0.241. The zero-order chi connectivity index (χ0) is 9.19. The molecule has 1 saturated heterocycles. The summed E-state index contributed by atoms with van der Waals surface area (Å²) in [4.78, 5) is 0. The normalized spacial score (nSPS) is 23.8. The van der Waals surface area contributed by atoms with Crippen LogP contribution < -0.4 is 5.32 Å². The second-order valence-corrected chi connectivity index (χ2v) is 4.10. The van der Waals surface area contributed by atoms with Gasteiger partial charge in [0.25, 0.3) is 0 Å². The Morgan fingerprint density at radius 2 is 2.17 bits per heavy atom. The number of rotatable bonds is 4. The third-order valence-corrected chi connectivity index (χ3v) is 2.60. The Morgan fingerprint density at radius 1 is 1.58 bits per heavy atom. The van der Waals surface area contributed by atoms with Crippen molar-refractivity contribution in [1.29, 1.82) is 0 Å². The van der Waals surface area contributed by atoms with E-state index in [1.54, 1.807) is 0 Å². The SMILES string of the molecule is CC(C)C(C)(O)COC1CNC1. The van der Waals surface area contributed by atoms with Gasteiger partial charge >= 0.3 is 0 Å². The number of aliphatic hydroxyl groups is 1. The van der Waals surface area contributed by atoms with Crippen LogP contribution in [0.15, 0.2) is 0 Å². The van der Waals surface area contributed by atoms with E-state index in [1.165, 1.54) is 0 Å². The molecule has 0 bridgehead atoms. The Hall–Kier alpha value is -0.120. The number of ether oxygens (including phenoxy) is 1. The first-order valence-corrected chi connectivity index (χ1v) is 4.57. The van der Waals surface area contributed by atoms with E-state index in [9.17, 15) is 5.11 Å². The second-order valence-electron chi connectivity index (χ2n) is 4.10. The van der Waals surface area contributed by atoms with Crippen molar-refractivity contribution in [2.45, 2.75) is 32.5 Å². The van der Waals surface area contributed by atoms with Crippen LogP contribution in [0.4, 0.5) is 0 Å². The highest BCUT2D eigenvalue weighted by molar-refractivity contribution is 4.80. The molecule has 1 atom stereocenters. The van der Waals surface area contributed by atoms with Gasteiger partial charge in [-0.1, -0.05) is 13.8 Å². The van der Waals surface area contributed by atoms with Gasteiger partial charge in [0.15, 0.2) is 0 Å². The quantitative estimate of drug-likeness (QED) is 0.646. The minimum atomic E-state index is -0.685. The number of hydrogen-bond acceptors (Lipinski definition) is 3. The second kappa shape index (κ2) is 3.73. The van der Waals surface area contributed by atoms with Crippen molar-refractivity contribution in [3.05, 3.63) is 0 Å². The summed E-state index contributed by atoms with van der Waals surface area (Å²) in [6.07, 6.45) is 0.315. The van der Waals surface area contributed by atoms with Crippen molar-refractivity contribution in [3.8, 4) is 0 Å². The lowest BCUT2D eigenvalue weighted by atomic mass is 9.93. The Balaban J connectivity index is 2.19. The first-order chi connectivity index (χ1) is 5.52. The van der Waals surface area contributed by atoms with Gasteiger partial charge < -0.3 is 15.2 Å². The van der Waals surface area contributed by atoms with Crippen LogP contribution in [-0.4, -0.2) is 36.5 Å². The predicted molar refractivity (Wildman–Crippen MR) is 48.1 cm³/mol. The lowest BCUT2D eigenvalue weighted by molar-refractivity contribution is -0.0964. The fraction of sp³-hybridized carbons (Fsp3) is 1.00. The minimum absolute atomic E-state index is 0.241. The van der Waals surface area contributed by atoms with E-state index in [-0.39, 0.29) is 5.92 Å². The molecule has 72 valence electrons. The smallest absolute Gasteiger partial charge is 0.0875 e. The molecule has 0 aromatic carbocycles. The molecule has 0 radical (unpaired) electrons. The van der Waals surface area contributed by atoms with Crippen LogP contribution in [0.3, 0.4) is 0 Å². The highest BCUT2D eigenvalue weighted by Gasteiger charge is 2.28. The molecule has 0 saturated carbocycles. The van der Waals surface area contributed by atoms with Crippen molar-refractivity contribution in [2.75, 3.05) is 19.7 Å². The molecule has 3 heteroatoms. The fourth-order valence-corrected chi connectivity index (χ4v) is 0.833. The summed E-state index contributed by atoms with van der Waals surface area (Å²) in [5.41, 5.74) is -0.685. The Bertz CT molecular complexity index is 141. The van der Waals surface area contributed by atoms with E-state index >= 15 is 0 Å². The molecule has 1 rings (SSSR count). The van der Waals surface area contributed by atoms with E-state index < -0.39 is 5.60 Å². The van der Waals surface area contributed by atoms with E-state index in [2.05, 4.69) is 5.32 Å². The van der Waals surface area contributed by atoms with E-state index in [4.69, 9.17) is 4.74 Å². The molecular formula is C9H19NO2. The maximum Gasteiger partial charge on any atom is 0.0875 e. The zero-order valence-electron chi connectivity index (χ0n) is 8.13. The molecule has 12 heavy (non-hydrogen) atoms. The molecule has 1 heterocycles. The summed E-state index contributed by atoms with van der Waals surface area (Å²) in [5, 5.41) is 12.9. The largest absolute Gasteiger partial charge is 0.388 e. The third-order valence-electron chi connectivity index (χ3n) is 2.60. The molecule has 1 unspecified atom stereocenters. The minimum Gasteiger partial charge on any atom is -0.388 e. The van der Waals surface area contributed by atoms with Crippen molar-refractivity contribution in [2.24, 2.45) is 5.92 Å². The predicted octanol–water partition coefficient (Wildman–Crippen LogP) is 0.382. The van der Waals surface area contributed by atoms with Crippen molar-refractivity contribution < 1.29 is 9.84 Å². The maximum atomic E-state index is 9.81. The Labute approximate surface area is 74.1 Å². The van der Waals surface area contributed by atoms with Gasteiger partial charge in [0.05, 0.1) is 18.3 Å². The highest BCUT2D eigenvalue weighted by atomic mass is 16.5. The average Bonchev–Trinajstić information content (AvgIpc) is 1.83. The van der Waals surface area contributed by atoms with Gasteiger partial charge in [-0.2, -0.15) is 0 Å². The molecule has 1 aliphatic heterocycles. The van der Waals surface area contributed by atoms with Gasteiger partial charge in [-0.05, 0) is 12.8 Å². The lowest BCUT2D eigenvalue weighted by Crippen LogP contribution is -2.51. The van der Waals surface area contributed by atoms with Gasteiger partial charge in [-0.25, -0.2) is 0 Å². The van der Waals surface area contributed by atoms with Crippen LogP contribution >= 0.6 is 0 Å². The van der Waals surface area contributed by atoms with Crippen molar-refractivity contribution >= 4 is 0 Å². The first kappa shape index (κ1) is 9.96. The highest BCUT2D eigenvalue weighted by Crippen LogP contribution is 2.17. The van der Waals surface area contributed by atoms with Crippen LogP contribution in [0, 0.1) is 5.92 Å².